The topological polar surface area (TPSA) is 142 Å². The Morgan fingerprint density at radius 3 is 1.21 bits per heavy atom. The van der Waals surface area contributed by atoms with Gasteiger partial charge >= 0.3 is 0 Å². The first kappa shape index (κ1) is 23.8. The molecule has 7 nitrogen and oxygen atoms in total. The Kier molecular flexibility index (Phi) is 25.1. The van der Waals surface area contributed by atoms with Gasteiger partial charge in [0.25, 0.3) is 0 Å². The SMILES string of the molecule is CC(O)CCO.CCCC(O)CO.OCC(O)CO. The average molecular weight is 286 g/mol. The number of rotatable bonds is 7. The molecule has 2 unspecified atom stereocenters. The van der Waals surface area contributed by atoms with Crippen molar-refractivity contribution in [3.63, 3.8) is 0 Å². The van der Waals surface area contributed by atoms with Crippen LogP contribution >= 0.6 is 0 Å². The summed E-state index contributed by atoms with van der Waals surface area (Å²) in [6.07, 6.45) is 0.322. The maximum atomic E-state index is 8.61. The number of hydrogen-bond acceptors (Lipinski definition) is 7. The average Bonchev–Trinajstić information content (AvgIpc) is 2.39. The maximum absolute atomic E-state index is 8.61. The van der Waals surface area contributed by atoms with E-state index in [-0.39, 0.29) is 32.5 Å². The zero-order valence-electron chi connectivity index (χ0n) is 11.8. The third kappa shape index (κ3) is 31.9. The maximum Gasteiger partial charge on any atom is 0.100 e. The summed E-state index contributed by atoms with van der Waals surface area (Å²) in [7, 11) is 0. The third-order valence-corrected chi connectivity index (χ3v) is 1.80. The van der Waals surface area contributed by atoms with Crippen molar-refractivity contribution in [1.29, 1.82) is 0 Å². The molecule has 0 heterocycles. The van der Waals surface area contributed by atoms with E-state index in [2.05, 4.69) is 0 Å². The van der Waals surface area contributed by atoms with Crippen molar-refractivity contribution in [3.8, 4) is 0 Å². The van der Waals surface area contributed by atoms with E-state index in [1.54, 1.807) is 6.92 Å². The standard InChI is InChI=1S/C5H12O2.C4H10O2.C3H8O3/c1-2-3-5(7)4-6;1-4(6)2-3-5;4-1-3(6)2-5/h5-7H,2-4H2,1H3;4-6H,2-3H2,1H3;3-6H,1-2H2. The lowest BCUT2D eigenvalue weighted by molar-refractivity contribution is 0.0450. The molecule has 0 bridgehead atoms. The van der Waals surface area contributed by atoms with Crippen LogP contribution in [-0.4, -0.2) is 80.5 Å². The molecule has 0 aliphatic carbocycles. The Labute approximate surface area is 114 Å². The van der Waals surface area contributed by atoms with Crippen molar-refractivity contribution >= 4 is 0 Å². The van der Waals surface area contributed by atoms with Crippen molar-refractivity contribution in [1.82, 2.24) is 0 Å². The van der Waals surface area contributed by atoms with Gasteiger partial charge < -0.3 is 35.7 Å². The zero-order chi connectivity index (χ0) is 15.7. The second-order valence-electron chi connectivity index (χ2n) is 4.01. The summed E-state index contributed by atoms with van der Waals surface area (Å²) in [4.78, 5) is 0. The molecule has 0 aromatic rings. The van der Waals surface area contributed by atoms with Gasteiger partial charge in [0.1, 0.15) is 6.10 Å². The minimum absolute atomic E-state index is 0.0810. The molecule has 120 valence electrons. The molecule has 0 saturated heterocycles. The highest BCUT2D eigenvalue weighted by Gasteiger charge is 1.96. The molecule has 0 aromatic heterocycles. The summed E-state index contributed by atoms with van der Waals surface area (Å²) in [5.41, 5.74) is 0. The van der Waals surface area contributed by atoms with Gasteiger partial charge in [-0.2, -0.15) is 0 Å². The third-order valence-electron chi connectivity index (χ3n) is 1.80. The van der Waals surface area contributed by atoms with E-state index < -0.39 is 12.2 Å². The van der Waals surface area contributed by atoms with E-state index in [0.717, 1.165) is 6.42 Å². The van der Waals surface area contributed by atoms with Gasteiger partial charge in [0.2, 0.25) is 0 Å². The van der Waals surface area contributed by atoms with Crippen LogP contribution in [0, 0.1) is 0 Å². The van der Waals surface area contributed by atoms with E-state index in [1.807, 2.05) is 6.92 Å². The van der Waals surface area contributed by atoms with E-state index in [9.17, 15) is 0 Å². The second-order valence-corrected chi connectivity index (χ2v) is 4.01. The molecule has 7 heteroatoms. The largest absolute Gasteiger partial charge is 0.396 e. The first-order valence-corrected chi connectivity index (χ1v) is 6.37. The second kappa shape index (κ2) is 20.0. The van der Waals surface area contributed by atoms with Gasteiger partial charge in [0, 0.05) is 6.61 Å². The van der Waals surface area contributed by atoms with Crippen LogP contribution < -0.4 is 0 Å². The van der Waals surface area contributed by atoms with E-state index >= 15 is 0 Å². The summed E-state index contributed by atoms with van der Waals surface area (Å²) in [6.45, 7) is 2.87. The van der Waals surface area contributed by atoms with Crippen LogP contribution in [0.3, 0.4) is 0 Å². The molecule has 0 spiro atoms. The van der Waals surface area contributed by atoms with Crippen LogP contribution in [0.4, 0.5) is 0 Å². The molecule has 0 aliphatic heterocycles. The molecule has 7 N–H and O–H groups in total. The fourth-order valence-corrected chi connectivity index (χ4v) is 0.669. The minimum Gasteiger partial charge on any atom is -0.396 e. The van der Waals surface area contributed by atoms with Crippen molar-refractivity contribution < 1.29 is 35.7 Å². The Hall–Kier alpha value is -0.280. The highest BCUT2D eigenvalue weighted by atomic mass is 16.3. The van der Waals surface area contributed by atoms with Crippen LogP contribution in [0.5, 0.6) is 0 Å². The summed E-state index contributed by atoms with van der Waals surface area (Å²) in [5.74, 6) is 0. The Balaban J connectivity index is -0.000000203. The summed E-state index contributed by atoms with van der Waals surface area (Å²) >= 11 is 0. The lowest BCUT2D eigenvalue weighted by atomic mass is 10.2. The highest BCUT2D eigenvalue weighted by molar-refractivity contribution is 4.48. The van der Waals surface area contributed by atoms with Crippen molar-refractivity contribution in [2.75, 3.05) is 26.4 Å². The predicted octanol–water partition coefficient (Wildman–Crippen LogP) is -1.78. The zero-order valence-corrected chi connectivity index (χ0v) is 11.8. The first-order chi connectivity index (χ1) is 8.89. The molecule has 2 atom stereocenters. The van der Waals surface area contributed by atoms with Crippen LogP contribution in [0.2, 0.25) is 0 Å². The van der Waals surface area contributed by atoms with Crippen molar-refractivity contribution in [3.05, 3.63) is 0 Å². The quantitative estimate of drug-likeness (QED) is 0.293. The van der Waals surface area contributed by atoms with Crippen LogP contribution in [0.1, 0.15) is 33.1 Å². The van der Waals surface area contributed by atoms with Crippen molar-refractivity contribution in [2.24, 2.45) is 0 Å². The van der Waals surface area contributed by atoms with Crippen LogP contribution in [0.15, 0.2) is 0 Å². The molecular formula is C12H30O7. The lowest BCUT2D eigenvalue weighted by Crippen LogP contribution is -2.15. The number of hydrogen-bond donors (Lipinski definition) is 7. The molecule has 0 amide bonds. The van der Waals surface area contributed by atoms with Gasteiger partial charge in [0.05, 0.1) is 32.0 Å². The van der Waals surface area contributed by atoms with Gasteiger partial charge in [-0.25, -0.2) is 0 Å². The number of aliphatic hydroxyl groups is 7. The van der Waals surface area contributed by atoms with Crippen molar-refractivity contribution in [2.45, 2.75) is 51.4 Å². The Bertz CT molecular complexity index is 140. The molecule has 0 saturated carbocycles. The van der Waals surface area contributed by atoms with Crippen LogP contribution in [-0.2, 0) is 0 Å². The normalized spacial score (nSPS) is 12.9. The van der Waals surface area contributed by atoms with E-state index in [0.29, 0.717) is 12.8 Å². The van der Waals surface area contributed by atoms with E-state index in [1.165, 1.54) is 0 Å². The molecule has 19 heavy (non-hydrogen) atoms. The minimum atomic E-state index is -0.954. The van der Waals surface area contributed by atoms with Gasteiger partial charge in [-0.3, -0.25) is 0 Å². The van der Waals surface area contributed by atoms with Gasteiger partial charge in [-0.1, -0.05) is 13.3 Å². The fraction of sp³-hybridized carbons (Fsp3) is 1.00. The lowest BCUT2D eigenvalue weighted by Gasteiger charge is -2.01. The summed E-state index contributed by atoms with van der Waals surface area (Å²) in [5, 5.41) is 57.3. The Morgan fingerprint density at radius 1 is 0.737 bits per heavy atom. The smallest absolute Gasteiger partial charge is 0.100 e. The van der Waals surface area contributed by atoms with Gasteiger partial charge in [-0.15, -0.1) is 0 Å². The molecule has 0 rings (SSSR count). The molecular weight excluding hydrogens is 256 g/mol. The molecule has 0 radical (unpaired) electrons. The molecule has 0 fully saturated rings. The van der Waals surface area contributed by atoms with Crippen LogP contribution in [0.25, 0.3) is 0 Å². The van der Waals surface area contributed by atoms with E-state index in [4.69, 9.17) is 35.7 Å². The van der Waals surface area contributed by atoms with Gasteiger partial charge in [0.15, 0.2) is 0 Å². The number of aliphatic hydroxyl groups excluding tert-OH is 7. The first-order valence-electron chi connectivity index (χ1n) is 6.37. The molecule has 0 aromatic carbocycles. The van der Waals surface area contributed by atoms with Gasteiger partial charge in [-0.05, 0) is 19.8 Å². The summed E-state index contributed by atoms with van der Waals surface area (Å²) < 4.78 is 0. The highest BCUT2D eigenvalue weighted by Crippen LogP contribution is 1.92. The fourth-order valence-electron chi connectivity index (χ4n) is 0.669. The predicted molar refractivity (Wildman–Crippen MR) is 71.6 cm³/mol. The molecule has 0 aliphatic rings. The summed E-state index contributed by atoms with van der Waals surface area (Å²) in [6, 6.07) is 0. The monoisotopic (exact) mass is 286 g/mol. The Morgan fingerprint density at radius 2 is 1.16 bits per heavy atom.